The first-order valence-electron chi connectivity index (χ1n) is 8.22. The van der Waals surface area contributed by atoms with Gasteiger partial charge in [-0.15, -0.1) is 0 Å². The van der Waals surface area contributed by atoms with Crippen LogP contribution in [0.2, 0.25) is 0 Å². The van der Waals surface area contributed by atoms with Crippen LogP contribution in [-0.4, -0.2) is 21.1 Å². The van der Waals surface area contributed by atoms with E-state index < -0.39 is 15.6 Å². The van der Waals surface area contributed by atoms with Crippen molar-refractivity contribution >= 4 is 10.0 Å². The van der Waals surface area contributed by atoms with Gasteiger partial charge >= 0.3 is 0 Å². The minimum Gasteiger partial charge on any atom is -0.495 e. The Bertz CT molecular complexity index is 721. The molecule has 1 N–H and O–H groups in total. The molecule has 5 nitrogen and oxygen atoms in total. The fourth-order valence-corrected chi connectivity index (χ4v) is 4.91. The third-order valence-electron chi connectivity index (χ3n) is 4.97. The minimum absolute atomic E-state index is 0.0695. The molecule has 1 aliphatic rings. The SMILES string of the molecule is COc1ccccc1S(=O)(=O)NC1(C#N)CCC(C(C)(C)C)CC1. The van der Waals surface area contributed by atoms with Crippen molar-refractivity contribution in [3.63, 3.8) is 0 Å². The summed E-state index contributed by atoms with van der Waals surface area (Å²) in [6, 6.07) is 8.68. The van der Waals surface area contributed by atoms with Crippen molar-refractivity contribution < 1.29 is 13.2 Å². The lowest BCUT2D eigenvalue weighted by Gasteiger charge is -2.40. The highest BCUT2D eigenvalue weighted by Gasteiger charge is 2.42. The first-order valence-corrected chi connectivity index (χ1v) is 9.70. The summed E-state index contributed by atoms with van der Waals surface area (Å²) in [5.74, 6) is 0.774. The highest BCUT2D eigenvalue weighted by atomic mass is 32.2. The number of nitriles is 1. The van der Waals surface area contributed by atoms with Crippen LogP contribution in [0.3, 0.4) is 0 Å². The molecular weight excluding hydrogens is 324 g/mol. The van der Waals surface area contributed by atoms with Gasteiger partial charge in [0.15, 0.2) is 0 Å². The molecule has 6 heteroatoms. The van der Waals surface area contributed by atoms with E-state index in [1.807, 2.05) is 0 Å². The van der Waals surface area contributed by atoms with E-state index >= 15 is 0 Å². The third-order valence-corrected chi connectivity index (χ3v) is 6.54. The average molecular weight is 350 g/mol. The number of benzene rings is 1. The predicted octanol–water partition coefficient (Wildman–Crippen LogP) is 3.47. The molecule has 0 aromatic heterocycles. The van der Waals surface area contributed by atoms with Crippen molar-refractivity contribution in [1.29, 1.82) is 5.26 Å². The minimum atomic E-state index is -3.82. The van der Waals surface area contributed by atoms with Gasteiger partial charge in [0, 0.05) is 0 Å². The van der Waals surface area contributed by atoms with Gasteiger partial charge in [-0.2, -0.15) is 9.98 Å². The molecule has 0 heterocycles. The molecule has 24 heavy (non-hydrogen) atoms. The second-order valence-corrected chi connectivity index (χ2v) is 9.24. The number of para-hydroxylation sites is 1. The van der Waals surface area contributed by atoms with Crippen LogP contribution < -0.4 is 9.46 Å². The molecule has 0 unspecified atom stereocenters. The first-order chi connectivity index (χ1) is 11.1. The molecule has 1 aliphatic carbocycles. The predicted molar refractivity (Wildman–Crippen MR) is 93.1 cm³/mol. The quantitative estimate of drug-likeness (QED) is 0.902. The summed E-state index contributed by atoms with van der Waals surface area (Å²) >= 11 is 0. The summed E-state index contributed by atoms with van der Waals surface area (Å²) in [5, 5.41) is 9.66. The highest BCUT2D eigenvalue weighted by molar-refractivity contribution is 7.89. The summed E-state index contributed by atoms with van der Waals surface area (Å²) in [5.41, 5.74) is -0.870. The second kappa shape index (κ2) is 6.73. The van der Waals surface area contributed by atoms with Crippen LogP contribution >= 0.6 is 0 Å². The van der Waals surface area contributed by atoms with E-state index in [0.29, 0.717) is 18.8 Å². The van der Waals surface area contributed by atoms with Crippen LogP contribution in [0, 0.1) is 22.7 Å². The Morgan fingerprint density at radius 3 is 2.33 bits per heavy atom. The molecule has 132 valence electrons. The molecule has 2 rings (SSSR count). The molecule has 1 saturated carbocycles. The van der Waals surface area contributed by atoms with Gasteiger partial charge in [-0.05, 0) is 49.1 Å². The van der Waals surface area contributed by atoms with Crippen molar-refractivity contribution in [1.82, 2.24) is 4.72 Å². The number of methoxy groups -OCH3 is 1. The Labute approximate surface area is 145 Å². The molecule has 0 radical (unpaired) electrons. The topological polar surface area (TPSA) is 79.2 Å². The molecule has 0 bridgehead atoms. The zero-order valence-corrected chi connectivity index (χ0v) is 15.6. The van der Waals surface area contributed by atoms with Gasteiger partial charge in [0.25, 0.3) is 0 Å². The number of nitrogens with one attached hydrogen (secondary N) is 1. The molecule has 0 amide bonds. The maximum Gasteiger partial charge on any atom is 0.245 e. The van der Waals surface area contributed by atoms with E-state index in [2.05, 4.69) is 31.6 Å². The summed E-state index contributed by atoms with van der Waals surface area (Å²) < 4.78 is 33.4. The zero-order valence-electron chi connectivity index (χ0n) is 14.8. The molecule has 0 spiro atoms. The van der Waals surface area contributed by atoms with Crippen molar-refractivity contribution in [3.8, 4) is 11.8 Å². The van der Waals surface area contributed by atoms with Crippen LogP contribution in [-0.2, 0) is 10.0 Å². The number of nitrogens with zero attached hydrogens (tertiary/aromatic N) is 1. The standard InChI is InChI=1S/C18H26N2O3S/c1-17(2,3)14-9-11-18(13-19,12-10-14)20-24(21,22)16-8-6-5-7-15(16)23-4/h5-8,14,20H,9-12H2,1-4H3. The van der Waals surface area contributed by atoms with Crippen molar-refractivity contribution in [3.05, 3.63) is 24.3 Å². The van der Waals surface area contributed by atoms with E-state index in [4.69, 9.17) is 4.74 Å². The van der Waals surface area contributed by atoms with Crippen LogP contribution in [0.25, 0.3) is 0 Å². The number of hydrogen-bond acceptors (Lipinski definition) is 4. The summed E-state index contributed by atoms with van der Waals surface area (Å²) in [6.45, 7) is 6.57. The maximum atomic E-state index is 12.8. The van der Waals surface area contributed by atoms with Crippen molar-refractivity contribution in [2.24, 2.45) is 11.3 Å². The van der Waals surface area contributed by atoms with Gasteiger partial charge < -0.3 is 4.74 Å². The van der Waals surface area contributed by atoms with Crippen LogP contribution in [0.1, 0.15) is 46.5 Å². The van der Waals surface area contributed by atoms with Crippen molar-refractivity contribution in [2.75, 3.05) is 7.11 Å². The van der Waals surface area contributed by atoms with Gasteiger partial charge in [0.1, 0.15) is 16.2 Å². The van der Waals surface area contributed by atoms with Gasteiger partial charge in [-0.3, -0.25) is 0 Å². The fourth-order valence-electron chi connectivity index (χ4n) is 3.37. The molecular formula is C18H26N2O3S. The number of ether oxygens (including phenoxy) is 1. The molecule has 0 atom stereocenters. The van der Waals surface area contributed by atoms with Crippen LogP contribution in [0.15, 0.2) is 29.2 Å². The van der Waals surface area contributed by atoms with E-state index in [9.17, 15) is 13.7 Å². The van der Waals surface area contributed by atoms with Crippen LogP contribution in [0.5, 0.6) is 5.75 Å². The Morgan fingerprint density at radius 1 is 1.25 bits per heavy atom. The normalized spacial score (nSPS) is 25.0. The summed E-state index contributed by atoms with van der Waals surface area (Å²) in [4.78, 5) is 0.0695. The Balaban J connectivity index is 2.23. The van der Waals surface area contributed by atoms with E-state index in [0.717, 1.165) is 12.8 Å². The smallest absolute Gasteiger partial charge is 0.245 e. The van der Waals surface area contributed by atoms with Gasteiger partial charge in [0.2, 0.25) is 10.0 Å². The Kier molecular flexibility index (Phi) is 5.26. The zero-order chi connectivity index (χ0) is 18.0. The largest absolute Gasteiger partial charge is 0.495 e. The summed E-state index contributed by atoms with van der Waals surface area (Å²) in [6.07, 6.45) is 2.73. The van der Waals surface area contributed by atoms with Crippen LogP contribution in [0.4, 0.5) is 0 Å². The third kappa shape index (κ3) is 3.90. The maximum absolute atomic E-state index is 12.8. The van der Waals surface area contributed by atoms with Crippen molar-refractivity contribution in [2.45, 2.75) is 56.9 Å². The fraction of sp³-hybridized carbons (Fsp3) is 0.611. The van der Waals surface area contributed by atoms with E-state index in [1.54, 1.807) is 18.2 Å². The molecule has 0 aliphatic heterocycles. The average Bonchev–Trinajstić information content (AvgIpc) is 2.54. The lowest BCUT2D eigenvalue weighted by Crippen LogP contribution is -2.50. The first kappa shape index (κ1) is 18.8. The number of rotatable bonds is 4. The monoisotopic (exact) mass is 350 g/mol. The van der Waals surface area contributed by atoms with Gasteiger partial charge in [-0.1, -0.05) is 32.9 Å². The highest BCUT2D eigenvalue weighted by Crippen LogP contribution is 2.42. The number of sulfonamides is 1. The summed E-state index contributed by atoms with van der Waals surface area (Å²) in [7, 11) is -2.39. The molecule has 1 fully saturated rings. The van der Waals surface area contributed by atoms with Gasteiger partial charge in [-0.25, -0.2) is 8.42 Å². The molecule has 1 aromatic carbocycles. The number of hydrogen-bond donors (Lipinski definition) is 1. The Morgan fingerprint density at radius 2 is 1.83 bits per heavy atom. The van der Waals surface area contributed by atoms with Gasteiger partial charge in [0.05, 0.1) is 13.2 Å². The Hall–Kier alpha value is -1.58. The molecule has 1 aromatic rings. The lowest BCUT2D eigenvalue weighted by atomic mass is 9.68. The van der Waals surface area contributed by atoms with E-state index in [-0.39, 0.29) is 16.1 Å². The second-order valence-electron chi connectivity index (χ2n) is 7.59. The van der Waals surface area contributed by atoms with E-state index in [1.165, 1.54) is 13.2 Å². The lowest BCUT2D eigenvalue weighted by molar-refractivity contribution is 0.147. The molecule has 0 saturated heterocycles.